The van der Waals surface area contributed by atoms with Crippen molar-refractivity contribution in [2.45, 2.75) is 13.8 Å². The molecule has 1 amide bonds. The number of rotatable bonds is 3. The molecule has 1 aromatic heterocycles. The maximum atomic E-state index is 12.0. The predicted octanol–water partition coefficient (Wildman–Crippen LogP) is 0.452. The second kappa shape index (κ2) is 4.98. The van der Waals surface area contributed by atoms with Crippen LogP contribution in [0, 0.1) is 13.8 Å². The van der Waals surface area contributed by atoms with Crippen LogP contribution in [-0.4, -0.2) is 39.6 Å². The van der Waals surface area contributed by atoms with Crippen molar-refractivity contribution in [1.82, 2.24) is 15.1 Å². The molecule has 0 unspecified atom stereocenters. The molecule has 6 heteroatoms. The SMILES string of the molecule is Cc1cc(C(=O)N(C)CC(N)=S)c(C)nn1. The summed E-state index contributed by atoms with van der Waals surface area (Å²) in [4.78, 5) is 13.7. The van der Waals surface area contributed by atoms with Crippen LogP contribution in [0.5, 0.6) is 0 Å². The van der Waals surface area contributed by atoms with Crippen LogP contribution in [0.4, 0.5) is 0 Å². The first-order valence-electron chi connectivity index (χ1n) is 4.76. The number of carbonyl (C=O) groups excluding carboxylic acids is 1. The summed E-state index contributed by atoms with van der Waals surface area (Å²) in [6, 6.07) is 1.71. The average molecular weight is 238 g/mol. The lowest BCUT2D eigenvalue weighted by molar-refractivity contribution is 0.0813. The van der Waals surface area contributed by atoms with Gasteiger partial charge in [0.05, 0.1) is 28.5 Å². The van der Waals surface area contributed by atoms with Gasteiger partial charge in [0.2, 0.25) is 0 Å². The highest BCUT2D eigenvalue weighted by molar-refractivity contribution is 7.80. The number of likely N-dealkylation sites (N-methyl/N-ethyl adjacent to an activating group) is 1. The van der Waals surface area contributed by atoms with E-state index in [1.807, 2.05) is 0 Å². The van der Waals surface area contributed by atoms with E-state index < -0.39 is 0 Å². The first-order valence-corrected chi connectivity index (χ1v) is 5.17. The van der Waals surface area contributed by atoms with Crippen LogP contribution in [-0.2, 0) is 0 Å². The molecule has 0 aromatic carbocycles. The third-order valence-electron chi connectivity index (χ3n) is 2.07. The summed E-state index contributed by atoms with van der Waals surface area (Å²) in [5.74, 6) is -0.150. The van der Waals surface area contributed by atoms with E-state index in [1.165, 1.54) is 4.90 Å². The topological polar surface area (TPSA) is 72.1 Å². The standard InChI is InChI=1S/C10H14N4OS/c1-6-4-8(7(2)13-12-6)10(15)14(3)5-9(11)16/h4H,5H2,1-3H3,(H2,11,16). The number of aryl methyl sites for hydroxylation is 2. The van der Waals surface area contributed by atoms with Gasteiger partial charge in [0, 0.05) is 7.05 Å². The van der Waals surface area contributed by atoms with Crippen molar-refractivity contribution in [1.29, 1.82) is 0 Å². The minimum absolute atomic E-state index is 0.150. The van der Waals surface area contributed by atoms with Gasteiger partial charge < -0.3 is 10.6 Å². The molecule has 5 nitrogen and oxygen atoms in total. The molecular weight excluding hydrogens is 224 g/mol. The van der Waals surface area contributed by atoms with Gasteiger partial charge in [0.1, 0.15) is 0 Å². The van der Waals surface area contributed by atoms with Gasteiger partial charge in [-0.1, -0.05) is 12.2 Å². The van der Waals surface area contributed by atoms with Crippen molar-refractivity contribution in [2.24, 2.45) is 5.73 Å². The average Bonchev–Trinajstić information content (AvgIpc) is 2.19. The summed E-state index contributed by atoms with van der Waals surface area (Å²) < 4.78 is 0. The second-order valence-corrected chi connectivity index (χ2v) is 4.14. The number of hydrogen-bond acceptors (Lipinski definition) is 4. The molecular formula is C10H14N4OS. The number of hydrogen-bond donors (Lipinski definition) is 1. The minimum atomic E-state index is -0.150. The van der Waals surface area contributed by atoms with E-state index in [-0.39, 0.29) is 17.4 Å². The molecule has 0 fully saturated rings. The monoisotopic (exact) mass is 238 g/mol. The fourth-order valence-corrected chi connectivity index (χ4v) is 1.47. The number of thiocarbonyl (C=S) groups is 1. The first-order chi connectivity index (χ1) is 7.41. The first kappa shape index (κ1) is 12.5. The fourth-order valence-electron chi connectivity index (χ4n) is 1.28. The van der Waals surface area contributed by atoms with Crippen LogP contribution in [0.3, 0.4) is 0 Å². The van der Waals surface area contributed by atoms with Crippen molar-refractivity contribution in [3.8, 4) is 0 Å². The van der Waals surface area contributed by atoms with Crippen molar-refractivity contribution in [2.75, 3.05) is 13.6 Å². The number of aromatic nitrogens is 2. The molecule has 0 aliphatic carbocycles. The Morgan fingerprint density at radius 1 is 1.50 bits per heavy atom. The molecule has 0 atom stereocenters. The van der Waals surface area contributed by atoms with Gasteiger partial charge in [-0.05, 0) is 19.9 Å². The molecule has 1 rings (SSSR count). The van der Waals surface area contributed by atoms with Crippen molar-refractivity contribution in [3.05, 3.63) is 23.0 Å². The normalized spacial score (nSPS) is 9.94. The van der Waals surface area contributed by atoms with Crippen molar-refractivity contribution in [3.63, 3.8) is 0 Å². The van der Waals surface area contributed by atoms with E-state index in [0.29, 0.717) is 17.0 Å². The Morgan fingerprint density at radius 2 is 2.12 bits per heavy atom. The van der Waals surface area contributed by atoms with Gasteiger partial charge in [0.25, 0.3) is 5.91 Å². The second-order valence-electron chi connectivity index (χ2n) is 3.61. The lowest BCUT2D eigenvalue weighted by Crippen LogP contribution is -2.35. The molecule has 2 N–H and O–H groups in total. The van der Waals surface area contributed by atoms with Gasteiger partial charge in [-0.25, -0.2) is 0 Å². The molecule has 0 radical (unpaired) electrons. The van der Waals surface area contributed by atoms with Crippen LogP contribution >= 0.6 is 12.2 Å². The lowest BCUT2D eigenvalue weighted by atomic mass is 10.2. The van der Waals surface area contributed by atoms with Crippen molar-refractivity contribution >= 4 is 23.1 Å². The van der Waals surface area contributed by atoms with E-state index in [2.05, 4.69) is 10.2 Å². The van der Waals surface area contributed by atoms with E-state index >= 15 is 0 Å². The highest BCUT2D eigenvalue weighted by Crippen LogP contribution is 2.08. The summed E-state index contributed by atoms with van der Waals surface area (Å²) >= 11 is 4.76. The largest absolute Gasteiger partial charge is 0.392 e. The quantitative estimate of drug-likeness (QED) is 0.774. The van der Waals surface area contributed by atoms with Crippen LogP contribution < -0.4 is 5.73 Å². The highest BCUT2D eigenvalue weighted by Gasteiger charge is 2.15. The van der Waals surface area contributed by atoms with Gasteiger partial charge >= 0.3 is 0 Å². The van der Waals surface area contributed by atoms with Crippen LogP contribution in [0.15, 0.2) is 6.07 Å². The van der Waals surface area contributed by atoms with Crippen LogP contribution in [0.1, 0.15) is 21.7 Å². The molecule has 0 saturated heterocycles. The third-order valence-corrected chi connectivity index (χ3v) is 2.20. The zero-order chi connectivity index (χ0) is 12.3. The minimum Gasteiger partial charge on any atom is -0.392 e. The maximum absolute atomic E-state index is 12.0. The Hall–Kier alpha value is -1.56. The Bertz CT molecular complexity index is 433. The summed E-state index contributed by atoms with van der Waals surface area (Å²) in [6.45, 7) is 3.79. The van der Waals surface area contributed by atoms with Crippen molar-refractivity contribution < 1.29 is 4.79 Å². The van der Waals surface area contributed by atoms with Crippen LogP contribution in [0.25, 0.3) is 0 Å². The van der Waals surface area contributed by atoms with Crippen LogP contribution in [0.2, 0.25) is 0 Å². The number of amides is 1. The summed E-state index contributed by atoms with van der Waals surface area (Å²) in [7, 11) is 1.65. The third kappa shape index (κ3) is 2.96. The number of carbonyl (C=O) groups is 1. The number of nitrogens with zero attached hydrogens (tertiary/aromatic N) is 3. The van der Waals surface area contributed by atoms with E-state index in [0.717, 1.165) is 0 Å². The molecule has 1 heterocycles. The Morgan fingerprint density at radius 3 is 2.69 bits per heavy atom. The van der Waals surface area contributed by atoms with E-state index in [1.54, 1.807) is 27.0 Å². The highest BCUT2D eigenvalue weighted by atomic mass is 32.1. The zero-order valence-electron chi connectivity index (χ0n) is 9.52. The summed E-state index contributed by atoms with van der Waals surface area (Å²) in [5.41, 5.74) is 7.23. The molecule has 16 heavy (non-hydrogen) atoms. The molecule has 86 valence electrons. The predicted molar refractivity (Wildman–Crippen MR) is 65.3 cm³/mol. The Labute approximate surface area is 99.6 Å². The summed E-state index contributed by atoms with van der Waals surface area (Å²) in [5, 5.41) is 7.77. The summed E-state index contributed by atoms with van der Waals surface area (Å²) in [6.07, 6.45) is 0. The molecule has 0 aliphatic heterocycles. The van der Waals surface area contributed by atoms with E-state index in [4.69, 9.17) is 18.0 Å². The van der Waals surface area contributed by atoms with Gasteiger partial charge in [-0.2, -0.15) is 10.2 Å². The molecule has 0 aliphatic rings. The molecule has 0 saturated carbocycles. The van der Waals surface area contributed by atoms with E-state index in [9.17, 15) is 4.79 Å². The Balaban J connectivity index is 2.95. The lowest BCUT2D eigenvalue weighted by Gasteiger charge is -2.17. The maximum Gasteiger partial charge on any atom is 0.255 e. The zero-order valence-corrected chi connectivity index (χ0v) is 10.3. The van der Waals surface area contributed by atoms with Gasteiger partial charge in [-0.3, -0.25) is 4.79 Å². The molecule has 0 spiro atoms. The number of nitrogens with two attached hydrogens (primary N) is 1. The molecule has 0 bridgehead atoms. The van der Waals surface area contributed by atoms with Gasteiger partial charge in [0.15, 0.2) is 0 Å². The Kier molecular flexibility index (Phi) is 3.89. The smallest absolute Gasteiger partial charge is 0.255 e. The molecule has 1 aromatic rings. The fraction of sp³-hybridized carbons (Fsp3) is 0.400. The van der Waals surface area contributed by atoms with Gasteiger partial charge in [-0.15, -0.1) is 0 Å².